The number of hydrogen-bond acceptors (Lipinski definition) is 4. The molecule has 2 aromatic carbocycles. The summed E-state index contributed by atoms with van der Waals surface area (Å²) in [6, 6.07) is 11.8. The predicted molar refractivity (Wildman–Crippen MR) is 96.0 cm³/mol. The Kier molecular flexibility index (Phi) is 4.92. The molecule has 0 unspecified atom stereocenters. The molecule has 1 amide bonds. The monoisotopic (exact) mass is 377 g/mol. The Hall–Kier alpha value is -2.57. The molecule has 0 fully saturated rings. The number of ether oxygens (including phenoxy) is 1. The van der Waals surface area contributed by atoms with Gasteiger partial charge in [0.2, 0.25) is 5.88 Å². The molecule has 3 aromatic rings. The van der Waals surface area contributed by atoms with Crippen molar-refractivity contribution in [3.8, 4) is 11.6 Å². The molecule has 3 rings (SSSR count). The van der Waals surface area contributed by atoms with E-state index in [2.05, 4.69) is 15.2 Å². The topological polar surface area (TPSA) is 87.0 Å². The summed E-state index contributed by atoms with van der Waals surface area (Å²) in [4.78, 5) is 14.9. The zero-order chi connectivity index (χ0) is 18.0. The van der Waals surface area contributed by atoms with Crippen molar-refractivity contribution in [3.63, 3.8) is 0 Å². The van der Waals surface area contributed by atoms with E-state index < -0.39 is 12.0 Å². The van der Waals surface area contributed by atoms with Gasteiger partial charge in [0.05, 0.1) is 10.5 Å². The molecule has 0 aliphatic carbocycles. The molecule has 6 nitrogen and oxygen atoms in total. The molecule has 128 valence electrons. The van der Waals surface area contributed by atoms with Crippen LogP contribution in [-0.4, -0.2) is 22.1 Å². The fourth-order valence-corrected chi connectivity index (χ4v) is 2.66. The number of rotatable bonds is 4. The van der Waals surface area contributed by atoms with Crippen LogP contribution in [0.25, 0.3) is 10.9 Å². The van der Waals surface area contributed by atoms with Crippen molar-refractivity contribution >= 4 is 45.7 Å². The van der Waals surface area contributed by atoms with Crippen LogP contribution >= 0.6 is 23.2 Å². The van der Waals surface area contributed by atoms with Gasteiger partial charge in [0.1, 0.15) is 5.75 Å². The first-order valence-electron chi connectivity index (χ1n) is 7.32. The second-order valence-corrected chi connectivity index (χ2v) is 6.08. The Morgan fingerprint density at radius 3 is 2.76 bits per heavy atom. The maximum Gasteiger partial charge on any atom is 0.304 e. The third-order valence-electron chi connectivity index (χ3n) is 3.45. The number of fused-ring (bicyclic) bond motifs is 1. The van der Waals surface area contributed by atoms with Gasteiger partial charge in [0.25, 0.3) is 0 Å². The summed E-state index contributed by atoms with van der Waals surface area (Å²) in [7, 11) is 0. The number of benzene rings is 2. The average molecular weight is 378 g/mol. The second-order valence-electron chi connectivity index (χ2n) is 5.24. The average Bonchev–Trinajstić information content (AvgIpc) is 2.90. The minimum atomic E-state index is -0.908. The third-order valence-corrected chi connectivity index (χ3v) is 3.98. The van der Waals surface area contributed by atoms with Crippen LogP contribution in [0.4, 0.5) is 5.69 Å². The third kappa shape index (κ3) is 3.75. The van der Waals surface area contributed by atoms with Crippen LogP contribution in [0, 0.1) is 0 Å². The Bertz CT molecular complexity index is 969. The molecule has 0 bridgehead atoms. The van der Waals surface area contributed by atoms with Gasteiger partial charge in [-0.05, 0) is 31.2 Å². The first kappa shape index (κ1) is 17.3. The highest BCUT2D eigenvalue weighted by atomic mass is 35.5. The van der Waals surface area contributed by atoms with Gasteiger partial charge in [0.15, 0.2) is 11.8 Å². The summed E-state index contributed by atoms with van der Waals surface area (Å²) in [6.45, 7) is 1.53. The van der Waals surface area contributed by atoms with Crippen molar-refractivity contribution < 1.29 is 14.6 Å². The highest BCUT2D eigenvalue weighted by Gasteiger charge is 2.17. The number of aromatic nitrogens is 1. The van der Waals surface area contributed by atoms with Gasteiger partial charge in [-0.25, -0.2) is 0 Å². The quantitative estimate of drug-likeness (QED) is 0.607. The molecule has 0 saturated carbocycles. The van der Waals surface area contributed by atoms with Crippen molar-refractivity contribution in [3.05, 3.63) is 52.5 Å². The molecule has 0 radical (unpaired) electrons. The fourth-order valence-electron chi connectivity index (χ4n) is 2.21. The molecule has 8 heteroatoms. The van der Waals surface area contributed by atoms with Crippen LogP contribution < -0.4 is 4.74 Å². The van der Waals surface area contributed by atoms with E-state index in [1.807, 2.05) is 6.07 Å². The van der Waals surface area contributed by atoms with Crippen LogP contribution in [0.2, 0.25) is 10.0 Å². The molecule has 1 aromatic heterocycles. The molecule has 25 heavy (non-hydrogen) atoms. The lowest BCUT2D eigenvalue weighted by Crippen LogP contribution is -2.21. The van der Waals surface area contributed by atoms with Gasteiger partial charge in [-0.2, -0.15) is 0 Å². The predicted octanol–water partition coefficient (Wildman–Crippen LogP) is 5.26. The molecule has 1 atom stereocenters. The lowest BCUT2D eigenvalue weighted by atomic mass is 10.2. The van der Waals surface area contributed by atoms with Gasteiger partial charge < -0.3 is 14.8 Å². The summed E-state index contributed by atoms with van der Waals surface area (Å²) in [5.74, 6) is -0.458. The van der Waals surface area contributed by atoms with Crippen molar-refractivity contribution in [1.82, 2.24) is 4.98 Å². The minimum absolute atomic E-state index is 0.160. The van der Waals surface area contributed by atoms with Gasteiger partial charge in [0, 0.05) is 10.4 Å². The van der Waals surface area contributed by atoms with Crippen LogP contribution in [0.3, 0.4) is 0 Å². The Morgan fingerprint density at radius 2 is 2.00 bits per heavy atom. The SMILES string of the molecule is C[C@H](Oc1ccc(Cl)cc1Cl)C(=O)N=Nc1c(O)[nH]c2ccccc12. The van der Waals surface area contributed by atoms with Gasteiger partial charge in [-0.1, -0.05) is 41.4 Å². The standard InChI is InChI=1S/C17H13Cl2N3O3/c1-9(25-14-7-6-10(18)8-12(14)19)16(23)22-21-15-11-4-2-3-5-13(11)20-17(15)24/h2-9,20,24H,1H3/t9-/m0/s1. The maximum absolute atomic E-state index is 12.1. The number of H-pyrrole nitrogens is 1. The number of aromatic hydroxyl groups is 1. The van der Waals surface area contributed by atoms with E-state index in [1.54, 1.807) is 30.3 Å². The summed E-state index contributed by atoms with van der Waals surface area (Å²) in [5.41, 5.74) is 0.888. The molecule has 1 heterocycles. The van der Waals surface area contributed by atoms with E-state index >= 15 is 0 Å². The number of aromatic amines is 1. The summed E-state index contributed by atoms with van der Waals surface area (Å²) in [6.07, 6.45) is -0.908. The lowest BCUT2D eigenvalue weighted by Gasteiger charge is -2.12. The van der Waals surface area contributed by atoms with Crippen LogP contribution in [0.15, 0.2) is 52.7 Å². The zero-order valence-corrected chi connectivity index (χ0v) is 14.5. The first-order chi connectivity index (χ1) is 12.0. The lowest BCUT2D eigenvalue weighted by molar-refractivity contribution is -0.124. The number of nitrogens with zero attached hydrogens (tertiary/aromatic N) is 2. The first-order valence-corrected chi connectivity index (χ1v) is 8.08. The number of nitrogens with one attached hydrogen (secondary N) is 1. The maximum atomic E-state index is 12.1. The minimum Gasteiger partial charge on any atom is -0.493 e. The van der Waals surface area contributed by atoms with E-state index in [9.17, 15) is 9.90 Å². The molecule has 0 aliphatic rings. The Balaban J connectivity index is 1.76. The largest absolute Gasteiger partial charge is 0.493 e. The van der Waals surface area contributed by atoms with E-state index in [-0.39, 0.29) is 11.6 Å². The highest BCUT2D eigenvalue weighted by Crippen LogP contribution is 2.35. The van der Waals surface area contributed by atoms with E-state index in [1.165, 1.54) is 13.0 Å². The number of carbonyl (C=O) groups is 1. The van der Waals surface area contributed by atoms with Crippen molar-refractivity contribution in [1.29, 1.82) is 0 Å². The normalized spacial score (nSPS) is 12.6. The van der Waals surface area contributed by atoms with E-state index in [4.69, 9.17) is 27.9 Å². The van der Waals surface area contributed by atoms with E-state index in [0.717, 1.165) is 0 Å². The summed E-state index contributed by atoms with van der Waals surface area (Å²) >= 11 is 11.8. The van der Waals surface area contributed by atoms with Crippen LogP contribution in [-0.2, 0) is 4.79 Å². The second kappa shape index (κ2) is 7.13. The van der Waals surface area contributed by atoms with Gasteiger partial charge >= 0.3 is 5.91 Å². The number of carbonyl (C=O) groups excluding carboxylic acids is 1. The fraction of sp³-hybridized carbons (Fsp3) is 0.118. The Morgan fingerprint density at radius 1 is 1.24 bits per heavy atom. The molecule has 0 aliphatic heterocycles. The van der Waals surface area contributed by atoms with Crippen molar-refractivity contribution in [2.75, 3.05) is 0 Å². The molecular weight excluding hydrogens is 365 g/mol. The number of para-hydroxylation sites is 1. The van der Waals surface area contributed by atoms with Gasteiger partial charge in [-0.15, -0.1) is 10.2 Å². The van der Waals surface area contributed by atoms with Crippen LogP contribution in [0.5, 0.6) is 11.6 Å². The highest BCUT2D eigenvalue weighted by molar-refractivity contribution is 6.35. The van der Waals surface area contributed by atoms with Crippen molar-refractivity contribution in [2.45, 2.75) is 13.0 Å². The van der Waals surface area contributed by atoms with E-state index in [0.29, 0.717) is 26.7 Å². The number of azo groups is 1. The van der Waals surface area contributed by atoms with Crippen LogP contribution in [0.1, 0.15) is 6.92 Å². The molecular formula is C17H13Cl2N3O3. The summed E-state index contributed by atoms with van der Waals surface area (Å²) in [5, 5.41) is 18.8. The molecule has 2 N–H and O–H groups in total. The number of hydrogen-bond donors (Lipinski definition) is 2. The molecule has 0 spiro atoms. The Labute approximate surface area is 153 Å². The van der Waals surface area contributed by atoms with Gasteiger partial charge in [-0.3, -0.25) is 4.79 Å². The summed E-state index contributed by atoms with van der Waals surface area (Å²) < 4.78 is 5.49. The number of amides is 1. The zero-order valence-electron chi connectivity index (χ0n) is 13.0. The smallest absolute Gasteiger partial charge is 0.304 e. The van der Waals surface area contributed by atoms with Crippen molar-refractivity contribution in [2.24, 2.45) is 10.2 Å². The number of halogens is 2. The molecule has 0 saturated heterocycles.